The third kappa shape index (κ3) is 13.2. The Morgan fingerprint density at radius 2 is 1.74 bits per heavy atom. The van der Waals surface area contributed by atoms with Crippen LogP contribution in [0.15, 0.2) is 60.4 Å². The highest BCUT2D eigenvalue weighted by atomic mass is 15.2. The largest absolute Gasteiger partial charge is 0.392 e. The third-order valence-corrected chi connectivity index (χ3v) is 5.91. The summed E-state index contributed by atoms with van der Waals surface area (Å²) in [6, 6.07) is 8.46. The number of anilines is 1. The second-order valence-electron chi connectivity index (χ2n) is 8.87. The molecule has 1 unspecified atom stereocenters. The molecular formula is C34H53N5. The third-order valence-electron chi connectivity index (χ3n) is 5.91. The van der Waals surface area contributed by atoms with E-state index in [1.165, 1.54) is 0 Å². The monoisotopic (exact) mass is 531 g/mol. The highest BCUT2D eigenvalue weighted by molar-refractivity contribution is 6.09. The van der Waals surface area contributed by atoms with E-state index < -0.39 is 0 Å². The van der Waals surface area contributed by atoms with Crippen LogP contribution in [0.1, 0.15) is 97.2 Å². The van der Waals surface area contributed by atoms with Gasteiger partial charge >= 0.3 is 0 Å². The SMILES string of the molecule is C=Cc1ccc(/C(C=NC(C)CC)=C/C)nc1/C=C(\C)NC.C=Cc1ccnc(N(CCC)CCC)c1.CC. The van der Waals surface area contributed by atoms with Gasteiger partial charge in [-0.1, -0.05) is 72.1 Å². The van der Waals surface area contributed by atoms with Crippen LogP contribution in [0.5, 0.6) is 0 Å². The van der Waals surface area contributed by atoms with Crippen molar-refractivity contribution in [3.63, 3.8) is 0 Å². The molecule has 0 aliphatic carbocycles. The zero-order valence-corrected chi connectivity index (χ0v) is 26.1. The fourth-order valence-electron chi connectivity index (χ4n) is 3.43. The molecular weight excluding hydrogens is 478 g/mol. The van der Waals surface area contributed by atoms with Gasteiger partial charge in [-0.3, -0.25) is 4.99 Å². The van der Waals surface area contributed by atoms with Crippen molar-refractivity contribution in [2.24, 2.45) is 4.99 Å². The van der Waals surface area contributed by atoms with Crippen molar-refractivity contribution in [2.45, 2.75) is 80.7 Å². The molecule has 5 nitrogen and oxygen atoms in total. The van der Waals surface area contributed by atoms with Gasteiger partial charge in [-0.15, -0.1) is 0 Å². The Labute approximate surface area is 239 Å². The summed E-state index contributed by atoms with van der Waals surface area (Å²) in [7, 11) is 1.90. The lowest BCUT2D eigenvalue weighted by Crippen LogP contribution is -2.25. The van der Waals surface area contributed by atoms with Crippen molar-refractivity contribution in [2.75, 3.05) is 25.0 Å². The molecule has 1 atom stereocenters. The van der Waals surface area contributed by atoms with Crippen molar-refractivity contribution in [3.05, 3.63) is 77.9 Å². The Balaban J connectivity index is 0.000000740. The van der Waals surface area contributed by atoms with Crippen LogP contribution in [0.25, 0.3) is 23.8 Å². The molecule has 0 spiro atoms. The van der Waals surface area contributed by atoms with Crippen molar-refractivity contribution in [1.82, 2.24) is 15.3 Å². The minimum Gasteiger partial charge on any atom is -0.392 e. The van der Waals surface area contributed by atoms with Crippen LogP contribution in [0, 0.1) is 0 Å². The van der Waals surface area contributed by atoms with Gasteiger partial charge in [0.1, 0.15) is 5.82 Å². The van der Waals surface area contributed by atoms with Crippen molar-refractivity contribution >= 4 is 35.8 Å². The number of pyridine rings is 2. The average molecular weight is 532 g/mol. The van der Waals surface area contributed by atoms with Crippen molar-refractivity contribution in [3.8, 4) is 0 Å². The van der Waals surface area contributed by atoms with Gasteiger partial charge in [0, 0.05) is 49.9 Å². The van der Waals surface area contributed by atoms with Gasteiger partial charge in [0.25, 0.3) is 0 Å². The maximum atomic E-state index is 4.76. The second-order valence-corrected chi connectivity index (χ2v) is 8.87. The topological polar surface area (TPSA) is 53.4 Å². The van der Waals surface area contributed by atoms with Gasteiger partial charge in [-0.2, -0.15) is 0 Å². The Bertz CT molecular complexity index is 1060. The highest BCUT2D eigenvalue weighted by Crippen LogP contribution is 2.18. The molecule has 0 saturated heterocycles. The lowest BCUT2D eigenvalue weighted by molar-refractivity contribution is 0.721. The first-order chi connectivity index (χ1) is 18.9. The molecule has 0 aliphatic heterocycles. The summed E-state index contributed by atoms with van der Waals surface area (Å²) >= 11 is 0. The van der Waals surface area contributed by atoms with E-state index in [0.717, 1.165) is 72.0 Å². The molecule has 214 valence electrons. The zero-order valence-electron chi connectivity index (χ0n) is 26.1. The maximum Gasteiger partial charge on any atom is 0.129 e. The first-order valence-electron chi connectivity index (χ1n) is 14.4. The van der Waals surface area contributed by atoms with E-state index in [9.17, 15) is 0 Å². The summed E-state index contributed by atoms with van der Waals surface area (Å²) in [6.45, 7) is 26.4. The van der Waals surface area contributed by atoms with Crippen LogP contribution < -0.4 is 10.2 Å². The summed E-state index contributed by atoms with van der Waals surface area (Å²) in [5.74, 6) is 1.07. The highest BCUT2D eigenvalue weighted by Gasteiger charge is 2.06. The van der Waals surface area contributed by atoms with Crippen molar-refractivity contribution < 1.29 is 0 Å². The zero-order chi connectivity index (χ0) is 29.6. The van der Waals surface area contributed by atoms with Crippen LogP contribution >= 0.6 is 0 Å². The Kier molecular flexibility index (Phi) is 19.6. The van der Waals surface area contributed by atoms with Gasteiger partial charge in [0.15, 0.2) is 0 Å². The Hall–Kier alpha value is -3.47. The van der Waals surface area contributed by atoms with Crippen LogP contribution in [0.2, 0.25) is 0 Å². The molecule has 39 heavy (non-hydrogen) atoms. The summed E-state index contributed by atoms with van der Waals surface area (Å²) in [5, 5.41) is 3.12. The molecule has 0 aromatic carbocycles. The minimum atomic E-state index is 0.327. The summed E-state index contributed by atoms with van der Waals surface area (Å²) in [6.07, 6.45) is 14.9. The molecule has 0 amide bonds. The van der Waals surface area contributed by atoms with E-state index in [2.05, 4.69) is 67.1 Å². The van der Waals surface area contributed by atoms with Gasteiger partial charge in [-0.05, 0) is 75.4 Å². The Morgan fingerprint density at radius 1 is 1.08 bits per heavy atom. The predicted molar refractivity (Wildman–Crippen MR) is 177 cm³/mol. The number of nitrogens with one attached hydrogen (secondary N) is 1. The van der Waals surface area contributed by atoms with Crippen LogP contribution in [0.4, 0.5) is 5.82 Å². The van der Waals surface area contributed by atoms with Gasteiger partial charge in [0.2, 0.25) is 0 Å². The number of aliphatic imine (C=N–C) groups is 1. The molecule has 2 aromatic heterocycles. The molecule has 0 bridgehead atoms. The molecule has 2 rings (SSSR count). The maximum absolute atomic E-state index is 4.76. The molecule has 5 heteroatoms. The number of hydrogen-bond donors (Lipinski definition) is 1. The van der Waals surface area contributed by atoms with Crippen molar-refractivity contribution in [1.29, 1.82) is 0 Å². The first kappa shape index (κ1) is 35.5. The number of rotatable bonds is 13. The van der Waals surface area contributed by atoms with Crippen LogP contribution in [-0.2, 0) is 0 Å². The number of aromatic nitrogens is 2. The van der Waals surface area contributed by atoms with Gasteiger partial charge in [0.05, 0.1) is 11.4 Å². The normalized spacial score (nSPS) is 12.0. The summed E-state index contributed by atoms with van der Waals surface area (Å²) in [5.41, 5.74) is 6.09. The first-order valence-corrected chi connectivity index (χ1v) is 14.4. The standard InChI is InChI=1S/C19H27N3.C13H20N2.C2H6/c1-7-14(4)21-13-17(9-3)18-11-10-16(8-2)19(22-18)12-15(5)20-6;1-4-9-15(10-5-2)13-11-12(6-3)7-8-14-13;1-2/h8-14,20H,2,7H2,1,3-6H3;6-8,11H,3-5,9-10H2,1-2H3;1-2H3/b15-12+,17-9+,21-13?;;. The number of hydrogen-bond acceptors (Lipinski definition) is 5. The van der Waals surface area contributed by atoms with E-state index in [1.54, 1.807) is 0 Å². The van der Waals surface area contributed by atoms with Crippen LogP contribution in [-0.4, -0.2) is 42.4 Å². The number of allylic oxidation sites excluding steroid dienone is 3. The van der Waals surface area contributed by atoms with Gasteiger partial charge in [-0.25, -0.2) is 9.97 Å². The minimum absolute atomic E-state index is 0.327. The van der Waals surface area contributed by atoms with E-state index in [1.807, 2.05) is 89.7 Å². The molecule has 0 radical (unpaired) electrons. The number of nitrogens with zero attached hydrogens (tertiary/aromatic N) is 4. The van der Waals surface area contributed by atoms with E-state index >= 15 is 0 Å². The Morgan fingerprint density at radius 3 is 2.26 bits per heavy atom. The quantitative estimate of drug-likeness (QED) is 0.262. The molecule has 2 aromatic rings. The molecule has 1 N–H and O–H groups in total. The molecule has 0 saturated carbocycles. The van der Waals surface area contributed by atoms with Gasteiger partial charge < -0.3 is 10.2 Å². The summed E-state index contributed by atoms with van der Waals surface area (Å²) < 4.78 is 0. The fourth-order valence-corrected chi connectivity index (χ4v) is 3.43. The molecule has 2 heterocycles. The predicted octanol–water partition coefficient (Wildman–Crippen LogP) is 8.95. The van der Waals surface area contributed by atoms with Crippen LogP contribution in [0.3, 0.4) is 0 Å². The lowest BCUT2D eigenvalue weighted by atomic mass is 10.1. The lowest BCUT2D eigenvalue weighted by Gasteiger charge is -2.22. The molecule has 0 aliphatic rings. The van der Waals surface area contributed by atoms with E-state index in [-0.39, 0.29) is 0 Å². The molecule has 0 fully saturated rings. The summed E-state index contributed by atoms with van der Waals surface area (Å²) in [4.78, 5) is 16.0. The fraction of sp³-hybridized carbons (Fsp3) is 0.441. The van der Waals surface area contributed by atoms with E-state index in [0.29, 0.717) is 6.04 Å². The smallest absolute Gasteiger partial charge is 0.129 e. The average Bonchev–Trinajstić information content (AvgIpc) is 2.98. The second kappa shape index (κ2) is 21.5. The van der Waals surface area contributed by atoms with E-state index in [4.69, 9.17) is 4.98 Å².